The van der Waals surface area contributed by atoms with Crippen LogP contribution in [0, 0.1) is 0 Å². The van der Waals surface area contributed by atoms with E-state index in [1.807, 2.05) is 24.3 Å². The van der Waals surface area contributed by atoms with Gasteiger partial charge in [0.15, 0.2) is 0 Å². The number of alkyl halides is 2. The molecule has 2 aromatic rings. The van der Waals surface area contributed by atoms with E-state index < -0.39 is 36.9 Å². The Morgan fingerprint density at radius 3 is 2.43 bits per heavy atom. The van der Waals surface area contributed by atoms with Gasteiger partial charge in [-0.15, -0.1) is 0 Å². The number of hydrogen-bond donors (Lipinski definition) is 3. The molecule has 1 fully saturated rings. The number of methoxy groups -OCH3 is 1. The molecule has 28 heavy (non-hydrogen) atoms. The molecule has 1 heterocycles. The molecule has 0 radical (unpaired) electrons. The highest BCUT2D eigenvalue weighted by atomic mass is 35.5. The van der Waals surface area contributed by atoms with Crippen LogP contribution < -0.4 is 4.74 Å². The molecule has 4 atom stereocenters. The number of rotatable bonds is 5. The highest BCUT2D eigenvalue weighted by Gasteiger charge is 2.57. The maximum atomic E-state index is 14.0. The summed E-state index contributed by atoms with van der Waals surface area (Å²) < 4.78 is 38.3. The number of aliphatic hydroxyl groups is 3. The Morgan fingerprint density at radius 1 is 1.14 bits per heavy atom. The monoisotopic (exact) mass is 414 g/mol. The van der Waals surface area contributed by atoms with Gasteiger partial charge in [0.25, 0.3) is 0 Å². The van der Waals surface area contributed by atoms with Gasteiger partial charge in [0.1, 0.15) is 30.2 Å². The second-order valence-electron chi connectivity index (χ2n) is 6.71. The largest absolute Gasteiger partial charge is 0.497 e. The van der Waals surface area contributed by atoms with E-state index in [1.165, 1.54) is 0 Å². The van der Waals surface area contributed by atoms with E-state index in [9.17, 15) is 24.1 Å². The first-order valence-corrected chi connectivity index (χ1v) is 9.07. The molecule has 3 rings (SSSR count). The van der Waals surface area contributed by atoms with Crippen molar-refractivity contribution in [3.63, 3.8) is 0 Å². The fourth-order valence-corrected chi connectivity index (χ4v) is 3.43. The molecule has 152 valence electrons. The van der Waals surface area contributed by atoms with E-state index in [0.29, 0.717) is 28.3 Å². The summed E-state index contributed by atoms with van der Waals surface area (Å²) in [4.78, 5) is 0. The van der Waals surface area contributed by atoms with Crippen LogP contribution in [0.3, 0.4) is 0 Å². The van der Waals surface area contributed by atoms with Gasteiger partial charge in [-0.25, -0.2) is 8.78 Å². The quantitative estimate of drug-likeness (QED) is 0.701. The topological polar surface area (TPSA) is 79.2 Å². The average Bonchev–Trinajstić information content (AvgIpc) is 2.69. The van der Waals surface area contributed by atoms with Crippen molar-refractivity contribution in [3.8, 4) is 5.75 Å². The third-order valence-electron chi connectivity index (χ3n) is 4.89. The van der Waals surface area contributed by atoms with Gasteiger partial charge < -0.3 is 24.8 Å². The van der Waals surface area contributed by atoms with Gasteiger partial charge in [0.05, 0.1) is 13.7 Å². The van der Waals surface area contributed by atoms with Crippen molar-refractivity contribution in [2.45, 2.75) is 36.8 Å². The lowest BCUT2D eigenvalue weighted by atomic mass is 9.89. The second-order valence-corrected chi connectivity index (χ2v) is 7.12. The molecule has 0 aliphatic carbocycles. The van der Waals surface area contributed by atoms with Gasteiger partial charge in [-0.2, -0.15) is 0 Å². The third-order valence-corrected chi connectivity index (χ3v) is 5.25. The van der Waals surface area contributed by atoms with Crippen LogP contribution in [0.5, 0.6) is 5.75 Å². The third kappa shape index (κ3) is 3.99. The van der Waals surface area contributed by atoms with E-state index in [0.717, 1.165) is 5.56 Å². The summed E-state index contributed by atoms with van der Waals surface area (Å²) in [5.74, 6) is -3.05. The number of aliphatic hydroxyl groups excluding tert-OH is 3. The summed E-state index contributed by atoms with van der Waals surface area (Å²) in [6.45, 7) is -0.987. The van der Waals surface area contributed by atoms with Crippen molar-refractivity contribution in [3.05, 3.63) is 64.2 Å². The first-order valence-electron chi connectivity index (χ1n) is 8.69. The normalized spacial score (nSPS) is 26.8. The molecular formula is C20H21ClF2O5. The lowest BCUT2D eigenvalue weighted by molar-refractivity contribution is -0.296. The molecule has 1 aliphatic rings. The summed E-state index contributed by atoms with van der Waals surface area (Å²) in [6.07, 6.45) is -6.89. The van der Waals surface area contributed by atoms with Crippen LogP contribution >= 0.6 is 11.6 Å². The van der Waals surface area contributed by atoms with Crippen molar-refractivity contribution in [1.82, 2.24) is 0 Å². The number of benzene rings is 2. The number of hydrogen-bond acceptors (Lipinski definition) is 5. The molecule has 1 aliphatic heterocycles. The molecule has 0 unspecified atom stereocenters. The highest BCUT2D eigenvalue weighted by Crippen LogP contribution is 2.41. The molecule has 0 aromatic heterocycles. The predicted molar refractivity (Wildman–Crippen MR) is 98.9 cm³/mol. The molecule has 0 spiro atoms. The molecule has 5 nitrogen and oxygen atoms in total. The predicted octanol–water partition coefficient (Wildman–Crippen LogP) is 2.73. The second kappa shape index (κ2) is 8.31. The summed E-state index contributed by atoms with van der Waals surface area (Å²) >= 11 is 6.27. The lowest BCUT2D eigenvalue weighted by Crippen LogP contribution is -2.59. The van der Waals surface area contributed by atoms with Crippen molar-refractivity contribution in [2.75, 3.05) is 13.7 Å². The average molecular weight is 415 g/mol. The molecule has 0 bridgehead atoms. The van der Waals surface area contributed by atoms with Crippen molar-refractivity contribution >= 4 is 11.6 Å². The van der Waals surface area contributed by atoms with E-state index >= 15 is 0 Å². The van der Waals surface area contributed by atoms with E-state index in [4.69, 9.17) is 21.1 Å². The molecule has 1 saturated heterocycles. The summed E-state index contributed by atoms with van der Waals surface area (Å²) in [7, 11) is 1.57. The van der Waals surface area contributed by atoms with E-state index in [2.05, 4.69) is 0 Å². The van der Waals surface area contributed by atoms with Crippen LogP contribution in [0.25, 0.3) is 0 Å². The van der Waals surface area contributed by atoms with Crippen LogP contribution in [0.1, 0.15) is 22.8 Å². The van der Waals surface area contributed by atoms with Gasteiger partial charge in [0, 0.05) is 5.02 Å². The molecular weight excluding hydrogens is 394 g/mol. The summed E-state index contributed by atoms with van der Waals surface area (Å²) in [5.41, 5.74) is 2.03. The highest BCUT2D eigenvalue weighted by molar-refractivity contribution is 6.31. The van der Waals surface area contributed by atoms with Gasteiger partial charge in [-0.05, 0) is 41.3 Å². The number of ether oxygens (including phenoxy) is 2. The SMILES string of the molecule is COc1ccc(Cc2cc([C@@H]3O[C@H](CO)C(F)(F)[C@H](O)[C@H]3O)ccc2Cl)cc1. The van der Waals surface area contributed by atoms with E-state index in [-0.39, 0.29) is 0 Å². The van der Waals surface area contributed by atoms with Crippen molar-refractivity contribution in [2.24, 2.45) is 0 Å². The molecule has 3 N–H and O–H groups in total. The minimum atomic E-state index is -3.76. The van der Waals surface area contributed by atoms with Crippen LogP contribution in [0.15, 0.2) is 42.5 Å². The standard InChI is InChI=1S/C20H21ClF2O5/c1-27-14-5-2-11(3-6-14)8-13-9-12(4-7-15(13)21)18-17(25)19(26)20(22,23)16(10-24)28-18/h2-7,9,16-19,24-26H,8,10H2,1H3/t16-,17+,18+,19-/m1/s1. The Hall–Kier alpha value is -1.77. The zero-order chi connectivity index (χ0) is 20.5. The zero-order valence-corrected chi connectivity index (χ0v) is 15.8. The zero-order valence-electron chi connectivity index (χ0n) is 15.1. The first kappa shape index (κ1) is 21.0. The Labute approximate surface area is 166 Å². The first-order chi connectivity index (χ1) is 13.3. The Balaban J connectivity index is 1.87. The minimum Gasteiger partial charge on any atom is -0.497 e. The Kier molecular flexibility index (Phi) is 6.21. The van der Waals surface area contributed by atoms with Gasteiger partial charge in [-0.1, -0.05) is 35.9 Å². The molecule has 0 amide bonds. The lowest BCUT2D eigenvalue weighted by Gasteiger charge is -2.42. The van der Waals surface area contributed by atoms with Crippen LogP contribution in [-0.2, 0) is 11.2 Å². The molecule has 2 aromatic carbocycles. The van der Waals surface area contributed by atoms with E-state index in [1.54, 1.807) is 25.3 Å². The van der Waals surface area contributed by atoms with Crippen LogP contribution in [-0.4, -0.2) is 53.3 Å². The maximum absolute atomic E-state index is 14.0. The van der Waals surface area contributed by atoms with Crippen molar-refractivity contribution in [1.29, 1.82) is 0 Å². The fraction of sp³-hybridized carbons (Fsp3) is 0.400. The number of halogens is 3. The van der Waals surface area contributed by atoms with Gasteiger partial charge in [0.2, 0.25) is 0 Å². The van der Waals surface area contributed by atoms with Crippen LogP contribution in [0.4, 0.5) is 8.78 Å². The fourth-order valence-electron chi connectivity index (χ4n) is 3.24. The Morgan fingerprint density at radius 2 is 1.82 bits per heavy atom. The van der Waals surface area contributed by atoms with Gasteiger partial charge >= 0.3 is 5.92 Å². The smallest absolute Gasteiger partial charge is 0.303 e. The Bertz CT molecular complexity index is 811. The summed E-state index contributed by atoms with van der Waals surface area (Å²) in [6, 6.07) is 12.1. The van der Waals surface area contributed by atoms with Crippen LogP contribution in [0.2, 0.25) is 5.02 Å². The van der Waals surface area contributed by atoms with Crippen molar-refractivity contribution < 1.29 is 33.6 Å². The maximum Gasteiger partial charge on any atom is 0.303 e. The molecule has 8 heteroatoms. The summed E-state index contributed by atoms with van der Waals surface area (Å²) in [5, 5.41) is 29.7. The van der Waals surface area contributed by atoms with Gasteiger partial charge in [-0.3, -0.25) is 0 Å². The minimum absolute atomic E-state index is 0.383. The molecule has 0 saturated carbocycles.